The molecule has 0 spiro atoms. The van der Waals surface area contributed by atoms with Crippen molar-refractivity contribution >= 4 is 23.3 Å². The van der Waals surface area contributed by atoms with Crippen LogP contribution in [-0.4, -0.2) is 39.6 Å². The predicted octanol–water partition coefficient (Wildman–Crippen LogP) is 2.10. The summed E-state index contributed by atoms with van der Waals surface area (Å²) in [5, 5.41) is 14.3. The van der Waals surface area contributed by atoms with E-state index in [4.69, 9.17) is 5.11 Å². The molecule has 0 fully saturated rings. The minimum absolute atomic E-state index is 0.176. The SMILES string of the molecule is CCC(NC(=O)N(CC(=O)O)C(C)C)c1nccs1. The summed E-state index contributed by atoms with van der Waals surface area (Å²) in [5.74, 6) is -1.02. The summed E-state index contributed by atoms with van der Waals surface area (Å²) < 4.78 is 0. The van der Waals surface area contributed by atoms with Crippen LogP contribution in [0.4, 0.5) is 4.79 Å². The number of hydrogen-bond acceptors (Lipinski definition) is 4. The van der Waals surface area contributed by atoms with Gasteiger partial charge in [-0.15, -0.1) is 11.3 Å². The first-order valence-electron chi connectivity index (χ1n) is 6.14. The van der Waals surface area contributed by atoms with Crippen LogP contribution >= 0.6 is 11.3 Å². The normalized spacial score (nSPS) is 12.2. The summed E-state index contributed by atoms with van der Waals surface area (Å²) >= 11 is 1.47. The van der Waals surface area contributed by atoms with Crippen molar-refractivity contribution in [3.8, 4) is 0 Å². The highest BCUT2D eigenvalue weighted by atomic mass is 32.1. The Labute approximate surface area is 116 Å². The van der Waals surface area contributed by atoms with Gasteiger partial charge in [-0.05, 0) is 20.3 Å². The maximum atomic E-state index is 12.1. The van der Waals surface area contributed by atoms with Crippen molar-refractivity contribution in [1.82, 2.24) is 15.2 Å². The standard InChI is InChI=1S/C12H19N3O3S/c1-4-9(11-13-5-6-19-11)14-12(18)15(8(2)3)7-10(16)17/h5-6,8-9H,4,7H2,1-3H3,(H,14,18)(H,16,17). The van der Waals surface area contributed by atoms with Crippen molar-refractivity contribution < 1.29 is 14.7 Å². The van der Waals surface area contributed by atoms with Gasteiger partial charge in [0.15, 0.2) is 0 Å². The fraction of sp³-hybridized carbons (Fsp3) is 0.583. The van der Waals surface area contributed by atoms with Gasteiger partial charge in [0.25, 0.3) is 0 Å². The molecule has 2 amide bonds. The van der Waals surface area contributed by atoms with Gasteiger partial charge >= 0.3 is 12.0 Å². The maximum Gasteiger partial charge on any atom is 0.323 e. The van der Waals surface area contributed by atoms with E-state index in [9.17, 15) is 9.59 Å². The van der Waals surface area contributed by atoms with Gasteiger partial charge in [-0.2, -0.15) is 0 Å². The van der Waals surface area contributed by atoms with Gasteiger partial charge in [0.2, 0.25) is 0 Å². The molecule has 0 aliphatic rings. The second kappa shape index (κ2) is 7.08. The van der Waals surface area contributed by atoms with Gasteiger partial charge in [-0.25, -0.2) is 9.78 Å². The van der Waals surface area contributed by atoms with E-state index < -0.39 is 5.97 Å². The van der Waals surface area contributed by atoms with Gasteiger partial charge in [0.1, 0.15) is 11.6 Å². The number of aromatic nitrogens is 1. The lowest BCUT2D eigenvalue weighted by molar-refractivity contribution is -0.138. The van der Waals surface area contributed by atoms with Crippen LogP contribution in [0.5, 0.6) is 0 Å². The molecule has 6 nitrogen and oxygen atoms in total. The number of rotatable bonds is 6. The molecular weight excluding hydrogens is 266 g/mol. The lowest BCUT2D eigenvalue weighted by atomic mass is 10.2. The molecule has 7 heteroatoms. The van der Waals surface area contributed by atoms with Gasteiger partial charge in [-0.3, -0.25) is 4.79 Å². The highest BCUT2D eigenvalue weighted by Crippen LogP contribution is 2.19. The average molecular weight is 285 g/mol. The van der Waals surface area contributed by atoms with E-state index in [0.717, 1.165) is 5.01 Å². The van der Waals surface area contributed by atoms with Crippen LogP contribution in [0.2, 0.25) is 0 Å². The molecule has 19 heavy (non-hydrogen) atoms. The smallest absolute Gasteiger partial charge is 0.323 e. The second-order valence-corrected chi connectivity index (χ2v) is 5.32. The summed E-state index contributed by atoms with van der Waals surface area (Å²) in [7, 11) is 0. The van der Waals surface area contributed by atoms with E-state index >= 15 is 0 Å². The van der Waals surface area contributed by atoms with E-state index in [1.807, 2.05) is 12.3 Å². The van der Waals surface area contributed by atoms with E-state index in [1.165, 1.54) is 16.2 Å². The molecule has 0 aromatic carbocycles. The molecule has 1 rings (SSSR count). The van der Waals surface area contributed by atoms with Crippen molar-refractivity contribution in [2.75, 3.05) is 6.54 Å². The maximum absolute atomic E-state index is 12.1. The quantitative estimate of drug-likeness (QED) is 0.838. The van der Waals surface area contributed by atoms with Gasteiger partial charge in [0.05, 0.1) is 6.04 Å². The van der Waals surface area contributed by atoms with Crippen LogP contribution in [0.15, 0.2) is 11.6 Å². The Balaban J connectivity index is 2.72. The molecule has 0 saturated heterocycles. The van der Waals surface area contributed by atoms with Gasteiger partial charge in [0, 0.05) is 17.6 Å². The number of carbonyl (C=O) groups is 2. The molecule has 1 atom stereocenters. The molecule has 0 aliphatic carbocycles. The van der Waals surface area contributed by atoms with Crippen LogP contribution in [0.25, 0.3) is 0 Å². The van der Waals surface area contributed by atoms with Crippen molar-refractivity contribution in [3.63, 3.8) is 0 Å². The number of nitrogens with one attached hydrogen (secondary N) is 1. The van der Waals surface area contributed by atoms with E-state index in [-0.39, 0.29) is 24.7 Å². The summed E-state index contributed by atoms with van der Waals surface area (Å²) in [6.07, 6.45) is 2.39. The molecule has 1 unspecified atom stereocenters. The summed E-state index contributed by atoms with van der Waals surface area (Å²) in [5.41, 5.74) is 0. The number of urea groups is 1. The fourth-order valence-electron chi connectivity index (χ4n) is 1.61. The molecular formula is C12H19N3O3S. The zero-order valence-electron chi connectivity index (χ0n) is 11.3. The van der Waals surface area contributed by atoms with Crippen molar-refractivity contribution in [2.45, 2.75) is 39.3 Å². The topological polar surface area (TPSA) is 82.5 Å². The molecule has 1 aromatic heterocycles. The lowest BCUT2D eigenvalue weighted by Crippen LogP contribution is -2.47. The number of aliphatic carboxylic acids is 1. The molecule has 0 saturated carbocycles. The molecule has 2 N–H and O–H groups in total. The summed E-state index contributed by atoms with van der Waals surface area (Å²) in [6, 6.07) is -0.730. The summed E-state index contributed by atoms with van der Waals surface area (Å²) in [4.78, 5) is 28.3. The van der Waals surface area contributed by atoms with Gasteiger partial charge in [-0.1, -0.05) is 6.92 Å². The number of thiazole rings is 1. The summed E-state index contributed by atoms with van der Waals surface area (Å²) in [6.45, 7) is 5.21. The second-order valence-electron chi connectivity index (χ2n) is 4.40. The Morgan fingerprint density at radius 1 is 1.53 bits per heavy atom. The number of hydrogen-bond donors (Lipinski definition) is 2. The fourth-order valence-corrected chi connectivity index (χ4v) is 2.38. The minimum atomic E-state index is -1.02. The number of carbonyl (C=O) groups excluding carboxylic acids is 1. The van der Waals surface area contributed by atoms with Gasteiger partial charge < -0.3 is 15.3 Å². The third-order valence-electron chi connectivity index (χ3n) is 2.65. The van der Waals surface area contributed by atoms with Crippen LogP contribution in [-0.2, 0) is 4.79 Å². The number of carboxylic acids is 1. The Hall–Kier alpha value is -1.63. The Bertz CT molecular complexity index is 420. The largest absolute Gasteiger partial charge is 0.480 e. The van der Waals surface area contributed by atoms with E-state index in [2.05, 4.69) is 10.3 Å². The lowest BCUT2D eigenvalue weighted by Gasteiger charge is -2.27. The number of amides is 2. The molecule has 0 radical (unpaired) electrons. The van der Waals surface area contributed by atoms with E-state index in [0.29, 0.717) is 6.42 Å². The number of carboxylic acid groups (broad SMARTS) is 1. The third-order valence-corrected chi connectivity index (χ3v) is 3.53. The molecule has 0 aliphatic heterocycles. The molecule has 0 bridgehead atoms. The van der Waals surface area contributed by atoms with Crippen molar-refractivity contribution in [3.05, 3.63) is 16.6 Å². The average Bonchev–Trinajstić information content (AvgIpc) is 2.85. The van der Waals surface area contributed by atoms with Crippen LogP contribution in [0, 0.1) is 0 Å². The Morgan fingerprint density at radius 3 is 2.63 bits per heavy atom. The third kappa shape index (κ3) is 4.51. The highest BCUT2D eigenvalue weighted by Gasteiger charge is 2.23. The molecule has 106 valence electrons. The monoisotopic (exact) mass is 285 g/mol. The highest BCUT2D eigenvalue weighted by molar-refractivity contribution is 7.09. The first-order valence-corrected chi connectivity index (χ1v) is 7.02. The van der Waals surface area contributed by atoms with Crippen molar-refractivity contribution in [2.24, 2.45) is 0 Å². The first-order chi connectivity index (χ1) is 8.95. The zero-order valence-corrected chi connectivity index (χ0v) is 12.1. The van der Waals surface area contributed by atoms with Crippen LogP contribution in [0.3, 0.4) is 0 Å². The zero-order chi connectivity index (χ0) is 14.4. The van der Waals surface area contributed by atoms with Crippen molar-refractivity contribution in [1.29, 1.82) is 0 Å². The molecule has 1 aromatic rings. The number of nitrogens with zero attached hydrogens (tertiary/aromatic N) is 2. The van der Waals surface area contributed by atoms with Crippen LogP contribution < -0.4 is 5.32 Å². The Morgan fingerprint density at radius 2 is 2.21 bits per heavy atom. The first kappa shape index (κ1) is 15.4. The Kier molecular flexibility index (Phi) is 5.75. The minimum Gasteiger partial charge on any atom is -0.480 e. The predicted molar refractivity (Wildman–Crippen MR) is 73.2 cm³/mol. The molecule has 1 heterocycles. The van der Waals surface area contributed by atoms with Crippen LogP contribution in [0.1, 0.15) is 38.2 Å². The van der Waals surface area contributed by atoms with E-state index in [1.54, 1.807) is 20.0 Å².